The maximum absolute atomic E-state index is 5.78. The summed E-state index contributed by atoms with van der Waals surface area (Å²) in [7, 11) is 0. The van der Waals surface area contributed by atoms with Gasteiger partial charge >= 0.3 is 0 Å². The summed E-state index contributed by atoms with van der Waals surface area (Å²) in [4.78, 5) is 4.54. The van der Waals surface area contributed by atoms with Crippen LogP contribution in [0, 0.1) is 6.92 Å². The number of fused-ring (bicyclic) bond motifs is 1. The zero-order valence-electron chi connectivity index (χ0n) is 11.6. The van der Waals surface area contributed by atoms with Gasteiger partial charge in [0.2, 0.25) is 0 Å². The zero-order valence-corrected chi connectivity index (χ0v) is 11.6. The Kier molecular flexibility index (Phi) is 3.52. The molecule has 0 fully saturated rings. The van der Waals surface area contributed by atoms with E-state index in [0.717, 1.165) is 35.4 Å². The summed E-state index contributed by atoms with van der Waals surface area (Å²) in [5.41, 5.74) is 11.1. The maximum Gasteiger partial charge on any atom is 0.195 e. The fraction of sp³-hybridized carbons (Fsp3) is 0.235. The van der Waals surface area contributed by atoms with Gasteiger partial charge in [0.1, 0.15) is 5.52 Å². The molecule has 0 aliphatic rings. The topological polar surface area (TPSA) is 52.0 Å². The summed E-state index contributed by atoms with van der Waals surface area (Å²) in [6.45, 7) is 2.66. The molecule has 0 bridgehead atoms. The molecule has 2 N–H and O–H groups in total. The molecule has 0 atom stereocenters. The van der Waals surface area contributed by atoms with Gasteiger partial charge in [0.15, 0.2) is 11.5 Å². The third-order valence-electron chi connectivity index (χ3n) is 3.60. The molecule has 3 heteroatoms. The van der Waals surface area contributed by atoms with Crippen molar-refractivity contribution in [2.24, 2.45) is 5.73 Å². The molecule has 3 nitrogen and oxygen atoms in total. The van der Waals surface area contributed by atoms with Crippen LogP contribution in [0.25, 0.3) is 11.1 Å². The number of aryl methyl sites for hydroxylation is 3. The summed E-state index contributed by atoms with van der Waals surface area (Å²) >= 11 is 0. The van der Waals surface area contributed by atoms with E-state index in [0.29, 0.717) is 6.54 Å². The molecular weight excluding hydrogens is 248 g/mol. The van der Waals surface area contributed by atoms with Crippen LogP contribution in [0.3, 0.4) is 0 Å². The standard InChI is InChI=1S/C17H18N2O/c1-12-4-2-3-5-14(12)7-9-17-19-15-10-13(11-18)6-8-16(15)20-17/h2-6,8,10H,7,9,11,18H2,1H3. The van der Waals surface area contributed by atoms with Crippen molar-refractivity contribution in [1.82, 2.24) is 4.98 Å². The molecule has 0 saturated carbocycles. The summed E-state index contributed by atoms with van der Waals surface area (Å²) in [6, 6.07) is 14.4. The molecule has 3 rings (SSSR count). The minimum Gasteiger partial charge on any atom is -0.441 e. The van der Waals surface area contributed by atoms with Crippen LogP contribution in [0.4, 0.5) is 0 Å². The molecule has 1 heterocycles. The number of hydrogen-bond donors (Lipinski definition) is 1. The van der Waals surface area contributed by atoms with Gasteiger partial charge in [0.05, 0.1) is 0 Å². The molecule has 3 aromatic rings. The average Bonchev–Trinajstić information content (AvgIpc) is 2.88. The zero-order chi connectivity index (χ0) is 13.9. The van der Waals surface area contributed by atoms with Crippen LogP contribution in [-0.2, 0) is 19.4 Å². The van der Waals surface area contributed by atoms with E-state index in [2.05, 4.69) is 36.2 Å². The van der Waals surface area contributed by atoms with E-state index in [1.165, 1.54) is 11.1 Å². The molecule has 0 amide bonds. The molecule has 0 spiro atoms. The molecule has 102 valence electrons. The number of nitrogens with two attached hydrogens (primary N) is 1. The van der Waals surface area contributed by atoms with E-state index in [-0.39, 0.29) is 0 Å². The van der Waals surface area contributed by atoms with Gasteiger partial charge in [-0.3, -0.25) is 0 Å². The number of hydrogen-bond acceptors (Lipinski definition) is 3. The highest BCUT2D eigenvalue weighted by Gasteiger charge is 2.07. The maximum atomic E-state index is 5.78. The summed E-state index contributed by atoms with van der Waals surface area (Å²) in [5.74, 6) is 0.789. The minimum atomic E-state index is 0.529. The fourth-order valence-electron chi connectivity index (χ4n) is 2.39. The van der Waals surface area contributed by atoms with E-state index in [9.17, 15) is 0 Å². The second kappa shape index (κ2) is 5.47. The molecule has 0 radical (unpaired) electrons. The quantitative estimate of drug-likeness (QED) is 0.787. The van der Waals surface area contributed by atoms with Gasteiger partial charge in [-0.2, -0.15) is 0 Å². The van der Waals surface area contributed by atoms with Crippen molar-refractivity contribution >= 4 is 11.1 Å². The minimum absolute atomic E-state index is 0.529. The van der Waals surface area contributed by atoms with Gasteiger partial charge in [0.25, 0.3) is 0 Å². The van der Waals surface area contributed by atoms with Gasteiger partial charge in [-0.15, -0.1) is 0 Å². The second-order valence-electron chi connectivity index (χ2n) is 5.04. The summed E-state index contributed by atoms with van der Waals surface area (Å²) in [6.07, 6.45) is 1.76. The van der Waals surface area contributed by atoms with Crippen molar-refractivity contribution in [3.05, 3.63) is 65.0 Å². The molecule has 2 aromatic carbocycles. The first kappa shape index (κ1) is 12.9. The van der Waals surface area contributed by atoms with Gasteiger partial charge in [0, 0.05) is 13.0 Å². The number of nitrogens with zero attached hydrogens (tertiary/aromatic N) is 1. The van der Waals surface area contributed by atoms with Crippen molar-refractivity contribution in [2.45, 2.75) is 26.3 Å². The molecule has 0 saturated heterocycles. The Balaban J connectivity index is 1.79. The number of aromatic nitrogens is 1. The first-order valence-electron chi connectivity index (χ1n) is 6.89. The SMILES string of the molecule is Cc1ccccc1CCc1nc2cc(CN)ccc2o1. The Morgan fingerprint density at radius 2 is 1.95 bits per heavy atom. The Morgan fingerprint density at radius 3 is 2.75 bits per heavy atom. The Morgan fingerprint density at radius 1 is 1.10 bits per heavy atom. The highest BCUT2D eigenvalue weighted by atomic mass is 16.3. The van der Waals surface area contributed by atoms with E-state index < -0.39 is 0 Å². The number of rotatable bonds is 4. The average molecular weight is 266 g/mol. The fourth-order valence-corrected chi connectivity index (χ4v) is 2.39. The Hall–Kier alpha value is -2.13. The van der Waals surface area contributed by atoms with Crippen LogP contribution in [-0.4, -0.2) is 4.98 Å². The normalized spacial score (nSPS) is 11.1. The van der Waals surface area contributed by atoms with Crippen molar-refractivity contribution in [3.63, 3.8) is 0 Å². The third-order valence-corrected chi connectivity index (χ3v) is 3.60. The Labute approximate surface area is 118 Å². The highest BCUT2D eigenvalue weighted by Crippen LogP contribution is 2.19. The lowest BCUT2D eigenvalue weighted by Crippen LogP contribution is -1.95. The van der Waals surface area contributed by atoms with Crippen molar-refractivity contribution in [3.8, 4) is 0 Å². The first-order valence-corrected chi connectivity index (χ1v) is 6.89. The molecule has 0 aliphatic heterocycles. The lowest BCUT2D eigenvalue weighted by Gasteiger charge is -2.02. The van der Waals surface area contributed by atoms with Crippen LogP contribution < -0.4 is 5.73 Å². The van der Waals surface area contributed by atoms with Gasteiger partial charge in [-0.05, 0) is 42.2 Å². The van der Waals surface area contributed by atoms with E-state index in [4.69, 9.17) is 10.2 Å². The molecular formula is C17H18N2O. The van der Waals surface area contributed by atoms with Crippen LogP contribution in [0.5, 0.6) is 0 Å². The van der Waals surface area contributed by atoms with E-state index >= 15 is 0 Å². The largest absolute Gasteiger partial charge is 0.441 e. The van der Waals surface area contributed by atoms with Crippen LogP contribution in [0.1, 0.15) is 22.6 Å². The van der Waals surface area contributed by atoms with Crippen LogP contribution in [0.15, 0.2) is 46.9 Å². The van der Waals surface area contributed by atoms with Crippen molar-refractivity contribution in [1.29, 1.82) is 0 Å². The smallest absolute Gasteiger partial charge is 0.195 e. The molecule has 20 heavy (non-hydrogen) atoms. The Bertz CT molecular complexity index is 731. The van der Waals surface area contributed by atoms with E-state index in [1.807, 2.05) is 18.2 Å². The molecule has 0 unspecified atom stereocenters. The van der Waals surface area contributed by atoms with Gasteiger partial charge in [-0.1, -0.05) is 30.3 Å². The van der Waals surface area contributed by atoms with Gasteiger partial charge in [-0.25, -0.2) is 4.98 Å². The lowest BCUT2D eigenvalue weighted by molar-refractivity contribution is 0.528. The van der Waals surface area contributed by atoms with E-state index in [1.54, 1.807) is 0 Å². The molecule has 0 aliphatic carbocycles. The predicted molar refractivity (Wildman–Crippen MR) is 80.5 cm³/mol. The number of oxazole rings is 1. The first-order chi connectivity index (χ1) is 9.76. The predicted octanol–water partition coefficient (Wildman–Crippen LogP) is 3.38. The van der Waals surface area contributed by atoms with Gasteiger partial charge < -0.3 is 10.2 Å². The summed E-state index contributed by atoms with van der Waals surface area (Å²) in [5, 5.41) is 0. The lowest BCUT2D eigenvalue weighted by atomic mass is 10.0. The third kappa shape index (κ3) is 2.58. The number of benzene rings is 2. The monoisotopic (exact) mass is 266 g/mol. The highest BCUT2D eigenvalue weighted by molar-refractivity contribution is 5.73. The molecule has 1 aromatic heterocycles. The van der Waals surface area contributed by atoms with Crippen LogP contribution >= 0.6 is 0 Å². The summed E-state index contributed by atoms with van der Waals surface area (Å²) < 4.78 is 5.78. The van der Waals surface area contributed by atoms with Crippen LogP contribution in [0.2, 0.25) is 0 Å². The second-order valence-corrected chi connectivity index (χ2v) is 5.04. The van der Waals surface area contributed by atoms with Crippen molar-refractivity contribution in [2.75, 3.05) is 0 Å². The van der Waals surface area contributed by atoms with Crippen molar-refractivity contribution < 1.29 is 4.42 Å².